The standard InChI is InChI=1S/C15H27NO6/c1-14(2,3)21-11(17)9-7-8-10(12(18)19)16-13(20)22-15(4,5)6/h10H,7-9H2,1-6H3,(H,16,20)(H,18,19)/t10-/m1/s1. The zero-order valence-corrected chi connectivity index (χ0v) is 14.2. The lowest BCUT2D eigenvalue weighted by Crippen LogP contribution is -2.43. The number of aliphatic carboxylic acids is 1. The van der Waals surface area contributed by atoms with E-state index in [-0.39, 0.29) is 12.8 Å². The molecular formula is C15H27NO6. The molecule has 0 aliphatic rings. The quantitative estimate of drug-likeness (QED) is 0.730. The summed E-state index contributed by atoms with van der Waals surface area (Å²) in [6.45, 7) is 10.3. The van der Waals surface area contributed by atoms with E-state index in [9.17, 15) is 14.4 Å². The van der Waals surface area contributed by atoms with Gasteiger partial charge in [0.15, 0.2) is 0 Å². The molecule has 0 rings (SSSR count). The van der Waals surface area contributed by atoms with E-state index in [1.165, 1.54) is 0 Å². The van der Waals surface area contributed by atoms with Crippen molar-refractivity contribution >= 4 is 18.0 Å². The number of rotatable bonds is 6. The first kappa shape index (κ1) is 20.2. The second kappa shape index (κ2) is 8.00. The van der Waals surface area contributed by atoms with E-state index >= 15 is 0 Å². The Hall–Kier alpha value is -1.79. The Morgan fingerprint density at radius 1 is 1.00 bits per heavy atom. The summed E-state index contributed by atoms with van der Waals surface area (Å²) in [5.74, 6) is -1.57. The topological polar surface area (TPSA) is 102 Å². The van der Waals surface area contributed by atoms with Crippen LogP contribution in [-0.2, 0) is 19.1 Å². The predicted molar refractivity (Wildman–Crippen MR) is 80.5 cm³/mol. The predicted octanol–water partition coefficient (Wildman–Crippen LogP) is 2.48. The number of hydrogen-bond donors (Lipinski definition) is 2. The minimum absolute atomic E-state index is 0.0943. The number of nitrogens with one attached hydrogen (secondary N) is 1. The van der Waals surface area contributed by atoms with E-state index in [1.807, 2.05) is 0 Å². The molecule has 0 bridgehead atoms. The molecule has 0 heterocycles. The van der Waals surface area contributed by atoms with Gasteiger partial charge in [-0.25, -0.2) is 9.59 Å². The smallest absolute Gasteiger partial charge is 0.408 e. The highest BCUT2D eigenvalue weighted by Crippen LogP contribution is 2.11. The van der Waals surface area contributed by atoms with Gasteiger partial charge in [0.1, 0.15) is 17.2 Å². The summed E-state index contributed by atoms with van der Waals surface area (Å²) in [6.07, 6.45) is -0.288. The van der Waals surface area contributed by atoms with Crippen molar-refractivity contribution in [1.29, 1.82) is 0 Å². The molecule has 0 spiro atoms. The van der Waals surface area contributed by atoms with Crippen LogP contribution in [0.5, 0.6) is 0 Å². The molecule has 0 aliphatic carbocycles. The number of amides is 1. The molecule has 7 nitrogen and oxygen atoms in total. The fourth-order valence-corrected chi connectivity index (χ4v) is 1.55. The Labute approximate surface area is 131 Å². The van der Waals surface area contributed by atoms with E-state index in [2.05, 4.69) is 5.32 Å². The zero-order valence-electron chi connectivity index (χ0n) is 14.2. The Balaban J connectivity index is 4.30. The van der Waals surface area contributed by atoms with Gasteiger partial charge in [-0.1, -0.05) is 0 Å². The van der Waals surface area contributed by atoms with Crippen molar-refractivity contribution in [3.63, 3.8) is 0 Å². The van der Waals surface area contributed by atoms with Crippen LogP contribution in [0, 0.1) is 0 Å². The van der Waals surface area contributed by atoms with Gasteiger partial charge in [0.05, 0.1) is 0 Å². The highest BCUT2D eigenvalue weighted by Gasteiger charge is 2.24. The molecule has 0 unspecified atom stereocenters. The fraction of sp³-hybridized carbons (Fsp3) is 0.800. The summed E-state index contributed by atoms with van der Waals surface area (Å²) in [5, 5.41) is 11.4. The maximum atomic E-state index is 11.6. The first-order valence-electron chi connectivity index (χ1n) is 7.24. The van der Waals surface area contributed by atoms with E-state index in [1.54, 1.807) is 41.5 Å². The van der Waals surface area contributed by atoms with Crippen LogP contribution in [-0.4, -0.2) is 40.4 Å². The van der Waals surface area contributed by atoms with Gasteiger partial charge in [-0.15, -0.1) is 0 Å². The van der Waals surface area contributed by atoms with Gasteiger partial charge in [-0.05, 0) is 54.4 Å². The van der Waals surface area contributed by atoms with Crippen molar-refractivity contribution in [1.82, 2.24) is 5.32 Å². The second-order valence-corrected chi connectivity index (χ2v) is 7.02. The zero-order chi connectivity index (χ0) is 17.6. The lowest BCUT2D eigenvalue weighted by molar-refractivity contribution is -0.155. The van der Waals surface area contributed by atoms with Crippen molar-refractivity contribution in [2.45, 2.75) is 78.0 Å². The molecule has 1 atom stereocenters. The highest BCUT2D eigenvalue weighted by molar-refractivity contribution is 5.80. The molecule has 2 N–H and O–H groups in total. The van der Waals surface area contributed by atoms with Crippen LogP contribution in [0.25, 0.3) is 0 Å². The van der Waals surface area contributed by atoms with Crippen LogP contribution in [0.15, 0.2) is 0 Å². The molecular weight excluding hydrogens is 290 g/mol. The van der Waals surface area contributed by atoms with Crippen LogP contribution < -0.4 is 5.32 Å². The molecule has 0 fully saturated rings. The summed E-state index contributed by atoms with van der Waals surface area (Å²) in [6, 6.07) is -1.10. The molecule has 128 valence electrons. The maximum absolute atomic E-state index is 11.6. The van der Waals surface area contributed by atoms with E-state index < -0.39 is 35.3 Å². The van der Waals surface area contributed by atoms with E-state index in [4.69, 9.17) is 14.6 Å². The third-order valence-electron chi connectivity index (χ3n) is 2.28. The Bertz CT molecular complexity index is 405. The monoisotopic (exact) mass is 317 g/mol. The van der Waals surface area contributed by atoms with Crippen LogP contribution in [0.2, 0.25) is 0 Å². The average molecular weight is 317 g/mol. The Morgan fingerprint density at radius 3 is 1.91 bits per heavy atom. The number of carboxylic acids is 1. The van der Waals surface area contributed by atoms with Gasteiger partial charge in [-0.3, -0.25) is 4.79 Å². The van der Waals surface area contributed by atoms with Crippen molar-refractivity contribution in [2.24, 2.45) is 0 Å². The summed E-state index contributed by atoms with van der Waals surface area (Å²) >= 11 is 0. The van der Waals surface area contributed by atoms with Crippen molar-refractivity contribution < 1.29 is 29.0 Å². The van der Waals surface area contributed by atoms with Crippen LogP contribution in [0.3, 0.4) is 0 Å². The fourth-order valence-electron chi connectivity index (χ4n) is 1.55. The number of hydrogen-bond acceptors (Lipinski definition) is 5. The number of esters is 1. The van der Waals surface area contributed by atoms with Gasteiger partial charge < -0.3 is 19.9 Å². The minimum Gasteiger partial charge on any atom is -0.480 e. The average Bonchev–Trinajstić information content (AvgIpc) is 2.22. The molecule has 0 radical (unpaired) electrons. The van der Waals surface area contributed by atoms with Crippen LogP contribution in [0.4, 0.5) is 4.79 Å². The van der Waals surface area contributed by atoms with Gasteiger partial charge in [-0.2, -0.15) is 0 Å². The number of alkyl carbamates (subject to hydrolysis) is 1. The third kappa shape index (κ3) is 10.9. The van der Waals surface area contributed by atoms with Gasteiger partial charge in [0.2, 0.25) is 0 Å². The molecule has 0 aromatic carbocycles. The number of carbonyl (C=O) groups excluding carboxylic acids is 2. The lowest BCUT2D eigenvalue weighted by Gasteiger charge is -2.22. The summed E-state index contributed by atoms with van der Waals surface area (Å²) in [5.41, 5.74) is -1.28. The van der Waals surface area contributed by atoms with E-state index in [0.717, 1.165) is 0 Å². The molecule has 1 amide bonds. The molecule has 7 heteroatoms. The molecule has 0 saturated carbocycles. The normalized spacial score (nSPS) is 13.2. The summed E-state index contributed by atoms with van der Waals surface area (Å²) in [4.78, 5) is 34.2. The van der Waals surface area contributed by atoms with Gasteiger partial charge >= 0.3 is 18.0 Å². The Kier molecular flexibility index (Phi) is 7.35. The van der Waals surface area contributed by atoms with Crippen molar-refractivity contribution in [2.75, 3.05) is 0 Å². The van der Waals surface area contributed by atoms with Gasteiger partial charge in [0, 0.05) is 6.42 Å². The molecule has 0 aromatic heterocycles. The summed E-state index contributed by atoms with van der Waals surface area (Å²) in [7, 11) is 0. The van der Waals surface area contributed by atoms with Crippen molar-refractivity contribution in [3.05, 3.63) is 0 Å². The molecule has 22 heavy (non-hydrogen) atoms. The minimum atomic E-state index is -1.17. The SMILES string of the molecule is CC(C)(C)OC(=O)CCC[C@@H](NC(=O)OC(C)(C)C)C(=O)O. The highest BCUT2D eigenvalue weighted by atomic mass is 16.6. The third-order valence-corrected chi connectivity index (χ3v) is 2.28. The van der Waals surface area contributed by atoms with E-state index in [0.29, 0.717) is 6.42 Å². The number of carboxylic acid groups (broad SMARTS) is 1. The Morgan fingerprint density at radius 2 is 1.50 bits per heavy atom. The number of carbonyl (C=O) groups is 3. The van der Waals surface area contributed by atoms with Gasteiger partial charge in [0.25, 0.3) is 0 Å². The lowest BCUT2D eigenvalue weighted by atomic mass is 10.1. The molecule has 0 aromatic rings. The van der Waals surface area contributed by atoms with Crippen molar-refractivity contribution in [3.8, 4) is 0 Å². The largest absolute Gasteiger partial charge is 0.480 e. The summed E-state index contributed by atoms with van der Waals surface area (Å²) < 4.78 is 10.1. The molecule has 0 saturated heterocycles. The first-order chi connectivity index (χ1) is 9.80. The maximum Gasteiger partial charge on any atom is 0.408 e. The first-order valence-corrected chi connectivity index (χ1v) is 7.24. The number of ether oxygens (including phenoxy) is 2. The van der Waals surface area contributed by atoms with Crippen LogP contribution >= 0.6 is 0 Å². The van der Waals surface area contributed by atoms with Crippen LogP contribution in [0.1, 0.15) is 60.8 Å². The second-order valence-electron chi connectivity index (χ2n) is 7.02. The molecule has 0 aliphatic heterocycles.